The molecule has 0 heterocycles. The average Bonchev–Trinajstić information content (AvgIpc) is 0.976. The van der Waals surface area contributed by atoms with Gasteiger partial charge in [-0.25, -0.2) is 9.13 Å². The molecule has 576 valence electrons. The topological polar surface area (TPSA) is 237 Å². The Morgan fingerprint density at radius 3 is 0.784 bits per heavy atom. The van der Waals surface area contributed by atoms with Gasteiger partial charge in [-0.05, 0) is 43.4 Å². The highest BCUT2D eigenvalue weighted by atomic mass is 31.2. The molecule has 0 fully saturated rings. The molecule has 0 aliphatic heterocycles. The molecule has 0 aromatic carbocycles. The smallest absolute Gasteiger partial charge is 0.462 e. The number of rotatable bonds is 76. The number of aliphatic hydroxyl groups is 1. The Bertz CT molecular complexity index is 1890. The third kappa shape index (κ3) is 70.9. The molecule has 17 nitrogen and oxygen atoms in total. The van der Waals surface area contributed by atoms with Gasteiger partial charge in [0.05, 0.1) is 26.4 Å². The maximum atomic E-state index is 13.1. The van der Waals surface area contributed by atoms with Crippen LogP contribution in [0.5, 0.6) is 0 Å². The number of phosphoric acid groups is 2. The van der Waals surface area contributed by atoms with E-state index in [-0.39, 0.29) is 25.7 Å². The summed E-state index contributed by atoms with van der Waals surface area (Å²) in [4.78, 5) is 72.8. The summed E-state index contributed by atoms with van der Waals surface area (Å²) in [6.07, 6.45) is 55.7. The molecule has 0 aliphatic carbocycles. The van der Waals surface area contributed by atoms with Crippen LogP contribution in [0.25, 0.3) is 0 Å². The molecule has 0 radical (unpaired) electrons. The van der Waals surface area contributed by atoms with Crippen molar-refractivity contribution in [3.63, 3.8) is 0 Å². The van der Waals surface area contributed by atoms with Crippen LogP contribution in [0.2, 0.25) is 0 Å². The number of ether oxygens (including phenoxy) is 4. The summed E-state index contributed by atoms with van der Waals surface area (Å²) in [5, 5.41) is 10.6. The first-order chi connectivity index (χ1) is 46.8. The number of carbonyl (C=O) groups is 4. The highest BCUT2D eigenvalue weighted by Gasteiger charge is 2.30. The molecule has 0 saturated carbocycles. The van der Waals surface area contributed by atoms with Crippen molar-refractivity contribution >= 4 is 39.5 Å². The van der Waals surface area contributed by atoms with Crippen molar-refractivity contribution in [1.82, 2.24) is 0 Å². The van der Waals surface area contributed by atoms with Crippen LogP contribution < -0.4 is 0 Å². The lowest BCUT2D eigenvalue weighted by Crippen LogP contribution is -2.30. The SMILES string of the molecule is CCCCCCCCCCCCCCCCC(=O)OC[C@H](COP(=O)(O)OC[C@@H](O)COP(=O)(O)OC[C@@H](COC(=O)CCCCCCCCC(C)C)OC(=O)CCCCCCCCCCCC(C)C)OC(=O)CCCCCCCCCCCCCCCCCCCCC(C)CC. The number of esters is 4. The molecule has 0 amide bonds. The summed E-state index contributed by atoms with van der Waals surface area (Å²) < 4.78 is 68.5. The molecule has 0 bridgehead atoms. The molecule has 0 aromatic rings. The molecular weight excluding hydrogens is 1270 g/mol. The fraction of sp³-hybridized carbons (Fsp3) is 0.949. The summed E-state index contributed by atoms with van der Waals surface area (Å²) in [6.45, 7) is 11.9. The Morgan fingerprint density at radius 2 is 0.526 bits per heavy atom. The van der Waals surface area contributed by atoms with E-state index >= 15 is 0 Å². The van der Waals surface area contributed by atoms with Gasteiger partial charge in [-0.2, -0.15) is 0 Å². The van der Waals surface area contributed by atoms with Crippen molar-refractivity contribution in [3.05, 3.63) is 0 Å². The van der Waals surface area contributed by atoms with Crippen molar-refractivity contribution in [1.29, 1.82) is 0 Å². The Labute approximate surface area is 594 Å². The van der Waals surface area contributed by atoms with Crippen molar-refractivity contribution in [2.75, 3.05) is 39.6 Å². The highest BCUT2D eigenvalue weighted by Crippen LogP contribution is 2.45. The monoisotopic (exact) mass is 1420 g/mol. The molecule has 3 N–H and O–H groups in total. The zero-order chi connectivity index (χ0) is 71.6. The minimum Gasteiger partial charge on any atom is -0.462 e. The van der Waals surface area contributed by atoms with Gasteiger partial charge in [-0.15, -0.1) is 0 Å². The first kappa shape index (κ1) is 95.1. The van der Waals surface area contributed by atoms with Gasteiger partial charge in [0.2, 0.25) is 0 Å². The molecule has 0 aromatic heterocycles. The summed E-state index contributed by atoms with van der Waals surface area (Å²) in [5.41, 5.74) is 0. The zero-order valence-electron chi connectivity index (χ0n) is 63.5. The molecule has 0 saturated heterocycles. The van der Waals surface area contributed by atoms with Gasteiger partial charge in [0.25, 0.3) is 0 Å². The maximum absolute atomic E-state index is 13.1. The van der Waals surface area contributed by atoms with E-state index in [2.05, 4.69) is 48.5 Å². The molecule has 19 heteroatoms. The lowest BCUT2D eigenvalue weighted by molar-refractivity contribution is -0.161. The number of carbonyl (C=O) groups excluding carboxylic acids is 4. The van der Waals surface area contributed by atoms with E-state index in [1.54, 1.807) is 0 Å². The zero-order valence-corrected chi connectivity index (χ0v) is 65.3. The first-order valence-corrected chi connectivity index (χ1v) is 43.4. The van der Waals surface area contributed by atoms with Crippen LogP contribution in [0.15, 0.2) is 0 Å². The summed E-state index contributed by atoms with van der Waals surface area (Å²) in [7, 11) is -9.91. The number of hydrogen-bond acceptors (Lipinski definition) is 15. The van der Waals surface area contributed by atoms with Gasteiger partial charge in [-0.1, -0.05) is 350 Å². The van der Waals surface area contributed by atoms with Crippen molar-refractivity contribution in [3.8, 4) is 0 Å². The number of phosphoric ester groups is 2. The molecule has 0 rings (SSSR count). The van der Waals surface area contributed by atoms with E-state index in [1.807, 2.05) is 0 Å². The second-order valence-corrected chi connectivity index (χ2v) is 32.2. The molecule has 6 atom stereocenters. The van der Waals surface area contributed by atoms with Crippen LogP contribution >= 0.6 is 15.6 Å². The largest absolute Gasteiger partial charge is 0.472 e. The number of unbranched alkanes of at least 4 members (excludes halogenated alkanes) is 43. The summed E-state index contributed by atoms with van der Waals surface area (Å²) in [6, 6.07) is 0. The standard InChI is InChI=1S/C78H152O17P2/c1-8-10-11-12-13-14-15-16-24-27-32-37-45-52-59-75(80)88-65-73(94-77(82)61-54-47-38-33-28-25-22-20-18-17-19-21-23-26-31-36-44-51-58-71(7)9-2)67-92-96(84,85)90-63-72(79)64-91-97(86,87)93-68-74(66-89-76(81)60-53-46-41-40-43-50-57-70(5)6)95-78(83)62-55-48-39-34-29-30-35-42-49-56-69(3)4/h69-74,79H,8-68H2,1-7H3,(H,84,85)(H,86,87)/t71?,72-,73-,74-/m1/s1. The second-order valence-electron chi connectivity index (χ2n) is 29.3. The number of hydrogen-bond donors (Lipinski definition) is 3. The van der Waals surface area contributed by atoms with Crippen LogP contribution in [-0.4, -0.2) is 96.7 Å². The molecule has 0 spiro atoms. The predicted octanol–water partition coefficient (Wildman–Crippen LogP) is 23.0. The fourth-order valence-corrected chi connectivity index (χ4v) is 13.5. The van der Waals surface area contributed by atoms with Crippen LogP contribution in [0.1, 0.15) is 402 Å². The minimum atomic E-state index is -4.96. The third-order valence-corrected chi connectivity index (χ3v) is 20.4. The van der Waals surface area contributed by atoms with Crippen molar-refractivity contribution in [2.24, 2.45) is 17.8 Å². The van der Waals surface area contributed by atoms with E-state index in [0.29, 0.717) is 31.6 Å². The maximum Gasteiger partial charge on any atom is 0.472 e. The van der Waals surface area contributed by atoms with Crippen LogP contribution in [0, 0.1) is 17.8 Å². The van der Waals surface area contributed by atoms with Crippen LogP contribution in [0.4, 0.5) is 0 Å². The molecule has 3 unspecified atom stereocenters. The quantitative estimate of drug-likeness (QED) is 0.0222. The summed E-state index contributed by atoms with van der Waals surface area (Å²) >= 11 is 0. The van der Waals surface area contributed by atoms with Crippen LogP contribution in [-0.2, 0) is 65.4 Å². The normalized spacial score (nSPS) is 14.3. The van der Waals surface area contributed by atoms with E-state index < -0.39 is 97.5 Å². The average molecular weight is 1420 g/mol. The lowest BCUT2D eigenvalue weighted by Gasteiger charge is -2.21. The Hall–Kier alpha value is -1.94. The molecule has 0 aliphatic rings. The van der Waals surface area contributed by atoms with Gasteiger partial charge < -0.3 is 33.8 Å². The highest BCUT2D eigenvalue weighted by molar-refractivity contribution is 7.47. The number of aliphatic hydroxyl groups excluding tert-OH is 1. The molecule has 97 heavy (non-hydrogen) atoms. The third-order valence-electron chi connectivity index (χ3n) is 18.5. The van der Waals surface area contributed by atoms with E-state index in [0.717, 1.165) is 108 Å². The second kappa shape index (κ2) is 68.5. The van der Waals surface area contributed by atoms with Gasteiger partial charge in [0.1, 0.15) is 19.3 Å². The van der Waals surface area contributed by atoms with Gasteiger partial charge in [0, 0.05) is 25.7 Å². The van der Waals surface area contributed by atoms with Gasteiger partial charge >= 0.3 is 39.5 Å². The van der Waals surface area contributed by atoms with Crippen molar-refractivity contribution < 1.29 is 80.2 Å². The fourth-order valence-electron chi connectivity index (χ4n) is 11.9. The van der Waals surface area contributed by atoms with Crippen LogP contribution in [0.3, 0.4) is 0 Å². The first-order valence-electron chi connectivity index (χ1n) is 40.4. The Balaban J connectivity index is 5.19. The van der Waals surface area contributed by atoms with E-state index in [1.165, 1.54) is 205 Å². The van der Waals surface area contributed by atoms with E-state index in [9.17, 15) is 43.2 Å². The van der Waals surface area contributed by atoms with E-state index in [4.69, 9.17) is 37.0 Å². The predicted molar refractivity (Wildman–Crippen MR) is 395 cm³/mol. The van der Waals surface area contributed by atoms with Gasteiger partial charge in [0.15, 0.2) is 12.2 Å². The lowest BCUT2D eigenvalue weighted by atomic mass is 9.99. The van der Waals surface area contributed by atoms with Gasteiger partial charge in [-0.3, -0.25) is 37.3 Å². The van der Waals surface area contributed by atoms with Crippen molar-refractivity contribution in [2.45, 2.75) is 420 Å². The molecular formula is C78H152O17P2. The minimum absolute atomic E-state index is 0.104. The summed E-state index contributed by atoms with van der Waals surface area (Å²) in [5.74, 6) is 0.169. The Morgan fingerprint density at radius 1 is 0.299 bits per heavy atom. The Kier molecular flexibility index (Phi) is 67.1.